The number of hydrogen-bond acceptors (Lipinski definition) is 8. The Morgan fingerprint density at radius 1 is 1.14 bits per heavy atom. The summed E-state index contributed by atoms with van der Waals surface area (Å²) < 4.78 is 0. The van der Waals surface area contributed by atoms with E-state index in [-0.39, 0.29) is 7.11 Å². The molecule has 1 aromatic carbocycles. The second-order valence-electron chi connectivity index (χ2n) is 7.09. The summed E-state index contributed by atoms with van der Waals surface area (Å²) in [5.41, 5.74) is 1.53. The predicted molar refractivity (Wildman–Crippen MR) is 113 cm³/mol. The molecule has 1 aliphatic heterocycles. The van der Waals surface area contributed by atoms with Crippen LogP contribution in [0.15, 0.2) is 36.4 Å². The molecule has 0 spiro atoms. The predicted octanol–water partition coefficient (Wildman–Crippen LogP) is 2.82. The van der Waals surface area contributed by atoms with Crippen LogP contribution in [-0.4, -0.2) is 63.2 Å². The quantitative estimate of drug-likeness (QED) is 0.499. The van der Waals surface area contributed by atoms with Crippen molar-refractivity contribution in [3.05, 3.63) is 52.2 Å². The second kappa shape index (κ2) is 7.84. The van der Waals surface area contributed by atoms with Crippen molar-refractivity contribution >= 4 is 23.1 Å². The van der Waals surface area contributed by atoms with Crippen LogP contribution in [0.3, 0.4) is 0 Å². The maximum Gasteiger partial charge on any atom is 0.270 e. The van der Waals surface area contributed by atoms with Crippen LogP contribution in [0.2, 0.25) is 0 Å². The molecular weight excluding hydrogens is 372 g/mol. The minimum absolute atomic E-state index is 0. The Bertz CT molecular complexity index is 1030. The van der Waals surface area contributed by atoms with Gasteiger partial charge in [-0.05, 0) is 14.0 Å². The van der Waals surface area contributed by atoms with E-state index in [1.165, 1.54) is 12.1 Å². The number of non-ortho nitro benzene ring substituents is 1. The molecule has 10 nitrogen and oxygen atoms in total. The highest BCUT2D eigenvalue weighted by atomic mass is 16.6. The van der Waals surface area contributed by atoms with E-state index in [2.05, 4.69) is 37.3 Å². The number of hydrogen-bond donors (Lipinski definition) is 2. The molecule has 1 fully saturated rings. The average Bonchev–Trinajstić information content (AvgIpc) is 3.13. The largest absolute Gasteiger partial charge is 0.354 e. The van der Waals surface area contributed by atoms with E-state index in [9.17, 15) is 10.1 Å². The number of anilines is 3. The molecule has 0 amide bonds. The number of aromatic amines is 1. The van der Waals surface area contributed by atoms with Gasteiger partial charge in [0.05, 0.1) is 4.92 Å². The van der Waals surface area contributed by atoms with Gasteiger partial charge in [0.15, 0.2) is 11.6 Å². The number of rotatable bonds is 5. The van der Waals surface area contributed by atoms with E-state index in [0.717, 1.165) is 37.7 Å². The van der Waals surface area contributed by atoms with Gasteiger partial charge in [0.25, 0.3) is 5.69 Å². The van der Waals surface area contributed by atoms with Crippen LogP contribution in [-0.2, 0) is 0 Å². The third kappa shape index (κ3) is 4.32. The van der Waals surface area contributed by atoms with Crippen LogP contribution in [0.25, 0.3) is 11.4 Å². The molecule has 0 aliphatic carbocycles. The average molecular weight is 396 g/mol. The van der Waals surface area contributed by atoms with Crippen LogP contribution in [0.5, 0.6) is 0 Å². The maximum absolute atomic E-state index is 11.2. The molecule has 0 atom stereocenters. The van der Waals surface area contributed by atoms with Crippen molar-refractivity contribution in [1.82, 2.24) is 25.1 Å². The standard InChI is InChI=1S/C19H22N8O2.H2/c1-13-10-17(24-23-13)20-16-12-18(26-8-6-25(2)7-9-26)22-19(21-16)14-4-3-5-15(11-14)27(28)29;/h3-5,10-12H,6-9H2,1-2H3,(H2,20,21,22,23,24);1H. The van der Waals surface area contributed by atoms with Crippen LogP contribution < -0.4 is 10.2 Å². The van der Waals surface area contributed by atoms with Crippen molar-refractivity contribution in [1.29, 1.82) is 0 Å². The lowest BCUT2D eigenvalue weighted by molar-refractivity contribution is -0.384. The SMILES string of the molecule is Cc1cc(Nc2cc(N3CCN(C)CC3)nc(-c3cccc([N+](=O)[O-])c3)n2)n[nH]1.[HH]. The van der Waals surface area contributed by atoms with Gasteiger partial charge < -0.3 is 15.1 Å². The lowest BCUT2D eigenvalue weighted by Gasteiger charge is -2.33. The van der Waals surface area contributed by atoms with Gasteiger partial charge in [-0.25, -0.2) is 9.97 Å². The second-order valence-corrected chi connectivity index (χ2v) is 7.09. The Hall–Kier alpha value is -3.53. The third-order valence-corrected chi connectivity index (χ3v) is 4.82. The van der Waals surface area contributed by atoms with Crippen LogP contribution >= 0.6 is 0 Å². The zero-order valence-electron chi connectivity index (χ0n) is 16.3. The number of nitro groups is 1. The zero-order chi connectivity index (χ0) is 20.4. The van der Waals surface area contributed by atoms with E-state index in [0.29, 0.717) is 23.0 Å². The van der Waals surface area contributed by atoms with Gasteiger partial charge in [-0.15, -0.1) is 0 Å². The van der Waals surface area contributed by atoms with Crippen molar-refractivity contribution in [3.63, 3.8) is 0 Å². The molecule has 4 rings (SSSR count). The van der Waals surface area contributed by atoms with E-state index in [4.69, 9.17) is 4.98 Å². The van der Waals surface area contributed by atoms with Gasteiger partial charge in [0.2, 0.25) is 0 Å². The summed E-state index contributed by atoms with van der Waals surface area (Å²) in [5, 5.41) is 21.5. The molecule has 0 radical (unpaired) electrons. The molecule has 10 heteroatoms. The lowest BCUT2D eigenvalue weighted by Crippen LogP contribution is -2.44. The van der Waals surface area contributed by atoms with E-state index < -0.39 is 4.92 Å². The number of H-pyrrole nitrogens is 1. The zero-order valence-corrected chi connectivity index (χ0v) is 16.3. The van der Waals surface area contributed by atoms with Gasteiger partial charge in [-0.3, -0.25) is 15.2 Å². The molecule has 152 valence electrons. The molecule has 1 aliphatic rings. The Kier molecular flexibility index (Phi) is 5.09. The van der Waals surface area contributed by atoms with Crippen LogP contribution in [0.4, 0.5) is 23.1 Å². The molecule has 3 aromatic rings. The molecule has 0 saturated carbocycles. The summed E-state index contributed by atoms with van der Waals surface area (Å²) in [7, 11) is 2.10. The lowest BCUT2D eigenvalue weighted by atomic mass is 10.2. The van der Waals surface area contributed by atoms with Gasteiger partial charge in [0.1, 0.15) is 11.6 Å². The summed E-state index contributed by atoms with van der Waals surface area (Å²) in [6, 6.07) is 10.1. The Morgan fingerprint density at radius 3 is 2.62 bits per heavy atom. The van der Waals surface area contributed by atoms with Gasteiger partial charge in [-0.1, -0.05) is 12.1 Å². The fourth-order valence-electron chi connectivity index (χ4n) is 3.20. The maximum atomic E-state index is 11.2. The molecule has 2 N–H and O–H groups in total. The fraction of sp³-hybridized carbons (Fsp3) is 0.316. The van der Waals surface area contributed by atoms with Crippen molar-refractivity contribution in [2.24, 2.45) is 0 Å². The first-order chi connectivity index (χ1) is 14.0. The summed E-state index contributed by atoms with van der Waals surface area (Å²) >= 11 is 0. The topological polar surface area (TPSA) is 116 Å². The number of nitrogens with one attached hydrogen (secondary N) is 2. The van der Waals surface area contributed by atoms with Crippen molar-refractivity contribution < 1.29 is 6.35 Å². The first kappa shape index (κ1) is 18.8. The van der Waals surface area contributed by atoms with Crippen molar-refractivity contribution in [2.75, 3.05) is 43.4 Å². The smallest absolute Gasteiger partial charge is 0.270 e. The first-order valence-electron chi connectivity index (χ1n) is 9.34. The number of aryl methyl sites for hydroxylation is 1. The number of aromatic nitrogens is 4. The summed E-state index contributed by atoms with van der Waals surface area (Å²) in [4.78, 5) is 24.5. The Balaban J connectivity index is 0.00000256. The molecule has 0 unspecified atom stereocenters. The highest BCUT2D eigenvalue weighted by molar-refractivity contribution is 5.66. The fourth-order valence-corrected chi connectivity index (χ4v) is 3.20. The number of benzene rings is 1. The normalized spacial score (nSPS) is 14.8. The summed E-state index contributed by atoms with van der Waals surface area (Å²) in [5.74, 6) is 2.45. The van der Waals surface area contributed by atoms with E-state index in [1.807, 2.05) is 19.1 Å². The van der Waals surface area contributed by atoms with Crippen LogP contribution in [0.1, 0.15) is 7.12 Å². The minimum Gasteiger partial charge on any atom is -0.354 e. The molecule has 2 aromatic heterocycles. The van der Waals surface area contributed by atoms with Gasteiger partial charge in [0, 0.05) is 63.1 Å². The minimum atomic E-state index is -0.417. The molecule has 0 bridgehead atoms. The number of piperazine rings is 1. The summed E-state index contributed by atoms with van der Waals surface area (Å²) in [6.45, 7) is 5.50. The number of nitrogens with zero attached hydrogens (tertiary/aromatic N) is 6. The highest BCUT2D eigenvalue weighted by Gasteiger charge is 2.19. The Morgan fingerprint density at radius 2 is 1.93 bits per heavy atom. The van der Waals surface area contributed by atoms with Crippen molar-refractivity contribution in [3.8, 4) is 11.4 Å². The first-order valence-corrected chi connectivity index (χ1v) is 9.34. The molecule has 3 heterocycles. The number of likely N-dealkylation sites (N-methyl/N-ethyl adjacent to an activating group) is 1. The van der Waals surface area contributed by atoms with Crippen molar-refractivity contribution in [2.45, 2.75) is 6.92 Å². The third-order valence-electron chi connectivity index (χ3n) is 4.82. The summed E-state index contributed by atoms with van der Waals surface area (Å²) in [6.07, 6.45) is 0. The van der Waals surface area contributed by atoms with Gasteiger partial charge in [-0.2, -0.15) is 5.10 Å². The Labute approximate surface area is 169 Å². The monoisotopic (exact) mass is 396 g/mol. The van der Waals surface area contributed by atoms with Crippen LogP contribution in [0, 0.1) is 17.0 Å². The molecule has 29 heavy (non-hydrogen) atoms. The number of nitro benzene ring substituents is 1. The molecule has 1 saturated heterocycles. The van der Waals surface area contributed by atoms with E-state index in [1.54, 1.807) is 12.1 Å². The highest BCUT2D eigenvalue weighted by Crippen LogP contribution is 2.27. The van der Waals surface area contributed by atoms with E-state index >= 15 is 0 Å². The molecular formula is C19H24N8O2. The van der Waals surface area contributed by atoms with Gasteiger partial charge >= 0.3 is 0 Å².